The molecular weight excluding hydrogens is 362 g/mol. The van der Waals surface area contributed by atoms with Gasteiger partial charge in [0, 0.05) is 30.1 Å². The molecule has 28 heavy (non-hydrogen) atoms. The Labute approximate surface area is 162 Å². The van der Waals surface area contributed by atoms with Gasteiger partial charge in [-0.1, -0.05) is 13.0 Å². The van der Waals surface area contributed by atoms with E-state index in [-0.39, 0.29) is 29.8 Å². The SMILES string of the molecule is CCC(=O)Nc1cc2c(cc1OC)C(c1cccc(C(=O)OC)n1)CC(=O)N2. The summed E-state index contributed by atoms with van der Waals surface area (Å²) in [5, 5.41) is 5.60. The Morgan fingerprint density at radius 2 is 2.07 bits per heavy atom. The average Bonchev–Trinajstić information content (AvgIpc) is 2.71. The van der Waals surface area contributed by atoms with E-state index in [2.05, 4.69) is 15.6 Å². The zero-order chi connectivity index (χ0) is 20.3. The first kappa shape index (κ1) is 19.3. The summed E-state index contributed by atoms with van der Waals surface area (Å²) >= 11 is 0. The van der Waals surface area contributed by atoms with Crippen molar-refractivity contribution < 1.29 is 23.9 Å². The number of carbonyl (C=O) groups excluding carboxylic acids is 3. The quantitative estimate of drug-likeness (QED) is 0.769. The van der Waals surface area contributed by atoms with E-state index >= 15 is 0 Å². The van der Waals surface area contributed by atoms with E-state index in [4.69, 9.17) is 9.47 Å². The van der Waals surface area contributed by atoms with E-state index in [1.807, 2.05) is 0 Å². The van der Waals surface area contributed by atoms with Crippen LogP contribution in [0.4, 0.5) is 11.4 Å². The van der Waals surface area contributed by atoms with Crippen LogP contribution >= 0.6 is 0 Å². The summed E-state index contributed by atoms with van der Waals surface area (Å²) in [6.45, 7) is 1.75. The van der Waals surface area contributed by atoms with Gasteiger partial charge in [0.2, 0.25) is 11.8 Å². The van der Waals surface area contributed by atoms with Crippen LogP contribution in [0.2, 0.25) is 0 Å². The van der Waals surface area contributed by atoms with Gasteiger partial charge in [0.05, 0.1) is 19.9 Å². The fraction of sp³-hybridized carbons (Fsp3) is 0.300. The Morgan fingerprint density at radius 1 is 1.29 bits per heavy atom. The third kappa shape index (κ3) is 3.80. The van der Waals surface area contributed by atoms with Crippen molar-refractivity contribution in [2.45, 2.75) is 25.7 Å². The molecule has 1 atom stereocenters. The van der Waals surface area contributed by atoms with Crippen LogP contribution in [0.15, 0.2) is 30.3 Å². The van der Waals surface area contributed by atoms with Crippen LogP contribution in [0, 0.1) is 0 Å². The molecule has 0 saturated carbocycles. The van der Waals surface area contributed by atoms with Gasteiger partial charge in [-0.15, -0.1) is 0 Å². The number of pyridine rings is 1. The number of methoxy groups -OCH3 is 2. The standard InChI is InChI=1S/C20H21N3O5/c1-4-18(24)23-16-10-15-11(8-17(16)27-2)12(9-19(25)22-15)13-6-5-7-14(21-13)20(26)28-3/h5-8,10,12H,4,9H2,1-3H3,(H,22,25)(H,23,24). The number of nitrogens with zero attached hydrogens (tertiary/aromatic N) is 1. The van der Waals surface area contributed by atoms with Crippen molar-refractivity contribution in [3.8, 4) is 5.75 Å². The highest BCUT2D eigenvalue weighted by atomic mass is 16.5. The summed E-state index contributed by atoms with van der Waals surface area (Å²) in [6, 6.07) is 8.48. The van der Waals surface area contributed by atoms with E-state index in [0.29, 0.717) is 29.2 Å². The average molecular weight is 383 g/mol. The zero-order valence-corrected chi connectivity index (χ0v) is 15.9. The second-order valence-corrected chi connectivity index (χ2v) is 6.29. The first-order valence-electron chi connectivity index (χ1n) is 8.83. The molecule has 3 rings (SSSR count). The molecule has 0 saturated heterocycles. The van der Waals surface area contributed by atoms with Crippen molar-refractivity contribution in [3.05, 3.63) is 47.3 Å². The fourth-order valence-corrected chi connectivity index (χ4v) is 3.12. The highest BCUT2D eigenvalue weighted by Crippen LogP contribution is 2.41. The molecule has 1 aromatic carbocycles. The van der Waals surface area contributed by atoms with Crippen LogP contribution in [0.25, 0.3) is 0 Å². The lowest BCUT2D eigenvalue weighted by Gasteiger charge is -2.27. The number of ether oxygens (including phenoxy) is 2. The van der Waals surface area contributed by atoms with Crippen molar-refractivity contribution in [1.29, 1.82) is 0 Å². The molecule has 146 valence electrons. The third-order valence-corrected chi connectivity index (χ3v) is 4.53. The number of nitrogens with one attached hydrogen (secondary N) is 2. The molecule has 8 nitrogen and oxygen atoms in total. The number of rotatable bonds is 5. The molecule has 1 aliphatic rings. The van der Waals surface area contributed by atoms with Gasteiger partial charge in [-0.2, -0.15) is 0 Å². The van der Waals surface area contributed by atoms with Gasteiger partial charge in [0.1, 0.15) is 11.4 Å². The fourth-order valence-electron chi connectivity index (χ4n) is 3.12. The number of hydrogen-bond acceptors (Lipinski definition) is 6. The smallest absolute Gasteiger partial charge is 0.356 e. The lowest BCUT2D eigenvalue weighted by atomic mass is 9.87. The van der Waals surface area contributed by atoms with E-state index in [9.17, 15) is 14.4 Å². The molecule has 8 heteroatoms. The van der Waals surface area contributed by atoms with Crippen LogP contribution in [0.3, 0.4) is 0 Å². The van der Waals surface area contributed by atoms with Crippen molar-refractivity contribution in [1.82, 2.24) is 4.98 Å². The summed E-state index contributed by atoms with van der Waals surface area (Å²) in [5.41, 5.74) is 2.59. The molecule has 0 fully saturated rings. The van der Waals surface area contributed by atoms with Crippen molar-refractivity contribution in [2.75, 3.05) is 24.9 Å². The maximum Gasteiger partial charge on any atom is 0.356 e. The van der Waals surface area contributed by atoms with E-state index in [1.165, 1.54) is 14.2 Å². The molecule has 0 spiro atoms. The molecule has 0 bridgehead atoms. The number of anilines is 2. The van der Waals surface area contributed by atoms with Crippen molar-refractivity contribution in [2.24, 2.45) is 0 Å². The largest absolute Gasteiger partial charge is 0.495 e. The Bertz CT molecular complexity index is 941. The second kappa shape index (κ2) is 8.08. The van der Waals surface area contributed by atoms with Crippen LogP contribution < -0.4 is 15.4 Å². The molecule has 2 heterocycles. The van der Waals surface area contributed by atoms with Gasteiger partial charge in [-0.25, -0.2) is 9.78 Å². The lowest BCUT2D eigenvalue weighted by Crippen LogP contribution is -2.25. The Kier molecular flexibility index (Phi) is 5.58. The number of carbonyl (C=O) groups is 3. The summed E-state index contributed by atoms with van der Waals surface area (Å²) < 4.78 is 10.2. The number of benzene rings is 1. The van der Waals surface area contributed by atoms with Gasteiger partial charge in [-0.05, 0) is 29.8 Å². The minimum Gasteiger partial charge on any atom is -0.495 e. The lowest BCUT2D eigenvalue weighted by molar-refractivity contribution is -0.117. The highest BCUT2D eigenvalue weighted by Gasteiger charge is 2.30. The predicted molar refractivity (Wildman–Crippen MR) is 103 cm³/mol. The number of aromatic nitrogens is 1. The summed E-state index contributed by atoms with van der Waals surface area (Å²) in [4.78, 5) is 40.3. The van der Waals surface area contributed by atoms with Crippen molar-refractivity contribution >= 4 is 29.2 Å². The summed E-state index contributed by atoms with van der Waals surface area (Å²) in [6.07, 6.45) is 0.494. The molecule has 2 N–H and O–H groups in total. The van der Waals surface area contributed by atoms with Crippen LogP contribution in [0.1, 0.15) is 47.4 Å². The number of esters is 1. The van der Waals surface area contributed by atoms with Gasteiger partial charge in [0.15, 0.2) is 0 Å². The summed E-state index contributed by atoms with van der Waals surface area (Å²) in [5.74, 6) is -0.772. The van der Waals surface area contributed by atoms with Gasteiger partial charge in [-0.3, -0.25) is 9.59 Å². The second-order valence-electron chi connectivity index (χ2n) is 6.29. The van der Waals surface area contributed by atoms with Crippen molar-refractivity contribution in [3.63, 3.8) is 0 Å². The number of hydrogen-bond donors (Lipinski definition) is 2. The highest BCUT2D eigenvalue weighted by molar-refractivity contribution is 5.98. The molecule has 0 aliphatic carbocycles. The molecular formula is C20H21N3O5. The number of amides is 2. The maximum atomic E-state index is 12.3. The zero-order valence-electron chi connectivity index (χ0n) is 15.9. The van der Waals surface area contributed by atoms with E-state index in [1.54, 1.807) is 37.3 Å². The Hall–Kier alpha value is -3.42. The molecule has 1 aromatic heterocycles. The molecule has 1 aliphatic heterocycles. The first-order chi connectivity index (χ1) is 13.5. The minimum atomic E-state index is -0.544. The Morgan fingerprint density at radius 3 is 2.75 bits per heavy atom. The van der Waals surface area contributed by atoms with E-state index < -0.39 is 5.97 Å². The minimum absolute atomic E-state index is 0.163. The van der Waals surface area contributed by atoms with Crippen LogP contribution in [-0.2, 0) is 14.3 Å². The van der Waals surface area contributed by atoms with Gasteiger partial charge < -0.3 is 20.1 Å². The monoisotopic (exact) mass is 383 g/mol. The Balaban J connectivity index is 2.07. The van der Waals surface area contributed by atoms with Gasteiger partial charge >= 0.3 is 5.97 Å². The maximum absolute atomic E-state index is 12.3. The normalized spacial score (nSPS) is 15.2. The number of fused-ring (bicyclic) bond motifs is 1. The molecule has 2 amide bonds. The first-order valence-corrected chi connectivity index (χ1v) is 8.83. The molecule has 2 aromatic rings. The molecule has 1 unspecified atom stereocenters. The van der Waals surface area contributed by atoms with Crippen LogP contribution in [-0.4, -0.2) is 37.0 Å². The molecule has 0 radical (unpaired) electrons. The van der Waals surface area contributed by atoms with Gasteiger partial charge in [0.25, 0.3) is 0 Å². The topological polar surface area (TPSA) is 107 Å². The summed E-state index contributed by atoms with van der Waals surface area (Å²) in [7, 11) is 2.80. The van der Waals surface area contributed by atoms with Crippen LogP contribution in [0.5, 0.6) is 5.75 Å². The predicted octanol–water partition coefficient (Wildman–Crippen LogP) is 2.70. The van der Waals surface area contributed by atoms with E-state index in [0.717, 1.165) is 5.56 Å². The third-order valence-electron chi connectivity index (χ3n) is 4.53.